The highest BCUT2D eigenvalue weighted by atomic mass is 28.3. The Balaban J connectivity index is 1.59. The van der Waals surface area contributed by atoms with Crippen LogP contribution in [0.2, 0.25) is 19.6 Å². The van der Waals surface area contributed by atoms with Crippen molar-refractivity contribution in [1.82, 2.24) is 10.7 Å². The molecule has 0 bridgehead atoms. The van der Waals surface area contributed by atoms with Crippen molar-refractivity contribution in [2.75, 3.05) is 0 Å². The Morgan fingerprint density at radius 1 is 1.15 bits per heavy atom. The summed E-state index contributed by atoms with van der Waals surface area (Å²) in [6.45, 7) is 9.10. The molecule has 27 heavy (non-hydrogen) atoms. The van der Waals surface area contributed by atoms with Gasteiger partial charge in [0.15, 0.2) is 0 Å². The zero-order valence-corrected chi connectivity index (χ0v) is 17.4. The van der Waals surface area contributed by atoms with Crippen molar-refractivity contribution < 1.29 is 9.53 Å². The number of rotatable bonds is 6. The molecule has 2 aromatic carbocycles. The van der Waals surface area contributed by atoms with Gasteiger partial charge in [-0.1, -0.05) is 50.0 Å². The second-order valence-electron chi connectivity index (χ2n) is 8.17. The zero-order chi connectivity index (χ0) is 19.5. The second kappa shape index (κ2) is 7.56. The molecule has 0 saturated carbocycles. The Kier molecular flexibility index (Phi) is 5.37. The van der Waals surface area contributed by atoms with Gasteiger partial charge in [0.05, 0.1) is 8.07 Å². The van der Waals surface area contributed by atoms with Gasteiger partial charge in [0.2, 0.25) is 5.91 Å². The number of hydrogen-bond donors (Lipinski definition) is 2. The van der Waals surface area contributed by atoms with Gasteiger partial charge < -0.3 is 10.1 Å². The molecule has 2 aromatic rings. The van der Waals surface area contributed by atoms with Gasteiger partial charge in [0, 0.05) is 18.3 Å². The van der Waals surface area contributed by atoms with E-state index in [4.69, 9.17) is 4.74 Å². The van der Waals surface area contributed by atoms with Crippen LogP contribution in [0.5, 0.6) is 11.5 Å². The van der Waals surface area contributed by atoms with Crippen LogP contribution in [0.3, 0.4) is 0 Å². The number of nitrogens with zero attached hydrogens (tertiary/aromatic N) is 1. The van der Waals surface area contributed by atoms with E-state index in [2.05, 4.69) is 35.5 Å². The third-order valence-electron chi connectivity index (χ3n) is 4.66. The summed E-state index contributed by atoms with van der Waals surface area (Å²) < 4.78 is 5.86. The average molecular weight is 382 g/mol. The van der Waals surface area contributed by atoms with Crippen molar-refractivity contribution in [2.24, 2.45) is 5.10 Å². The molecule has 1 aliphatic rings. The van der Waals surface area contributed by atoms with Crippen LogP contribution < -0.4 is 15.5 Å². The van der Waals surface area contributed by atoms with Crippen LogP contribution in [-0.2, 0) is 11.3 Å². The predicted octanol–water partition coefficient (Wildman–Crippen LogP) is 4.08. The maximum Gasteiger partial charge on any atom is 0.247 e. The quantitative estimate of drug-likeness (QED) is 0.741. The average Bonchev–Trinajstić information content (AvgIpc) is 3.05. The summed E-state index contributed by atoms with van der Waals surface area (Å²) in [5.41, 5.74) is 3.37. The highest BCUT2D eigenvalue weighted by Gasteiger charge is 2.41. The first-order valence-corrected chi connectivity index (χ1v) is 12.7. The van der Waals surface area contributed by atoms with Crippen molar-refractivity contribution >= 4 is 19.3 Å². The predicted molar refractivity (Wildman–Crippen MR) is 112 cm³/mol. The number of ether oxygens (including phenoxy) is 1. The van der Waals surface area contributed by atoms with Crippen molar-refractivity contribution in [3.8, 4) is 11.5 Å². The van der Waals surface area contributed by atoms with E-state index in [1.165, 1.54) is 0 Å². The first kappa shape index (κ1) is 19.2. The molecule has 2 N–H and O–H groups in total. The highest BCUT2D eigenvalue weighted by molar-refractivity contribution is 7.04. The van der Waals surface area contributed by atoms with Crippen molar-refractivity contribution in [3.05, 3.63) is 60.2 Å². The van der Waals surface area contributed by atoms with E-state index in [1.807, 2.05) is 61.5 Å². The van der Waals surface area contributed by atoms with Gasteiger partial charge in [0.1, 0.15) is 17.0 Å². The summed E-state index contributed by atoms with van der Waals surface area (Å²) >= 11 is 0. The van der Waals surface area contributed by atoms with E-state index in [-0.39, 0.29) is 5.91 Å². The third-order valence-corrected chi connectivity index (χ3v) is 6.68. The van der Waals surface area contributed by atoms with Crippen LogP contribution in [0.25, 0.3) is 0 Å². The smallest absolute Gasteiger partial charge is 0.247 e. The molecule has 142 valence electrons. The Labute approximate surface area is 161 Å². The monoisotopic (exact) mass is 381 g/mol. The minimum absolute atomic E-state index is 0.0334. The van der Waals surface area contributed by atoms with Crippen LogP contribution in [0.1, 0.15) is 18.9 Å². The largest absolute Gasteiger partial charge is 0.457 e. The van der Waals surface area contributed by atoms with E-state index < -0.39 is 13.6 Å². The minimum Gasteiger partial charge on any atom is -0.457 e. The Bertz CT molecular complexity index is 846. The van der Waals surface area contributed by atoms with Crippen molar-refractivity contribution in [3.63, 3.8) is 0 Å². The summed E-state index contributed by atoms with van der Waals surface area (Å²) in [7, 11) is -1.50. The van der Waals surface area contributed by atoms with Gasteiger partial charge in [-0.05, 0) is 36.8 Å². The molecule has 1 amide bonds. The maximum atomic E-state index is 12.7. The van der Waals surface area contributed by atoms with E-state index >= 15 is 0 Å². The van der Waals surface area contributed by atoms with Crippen molar-refractivity contribution in [1.29, 1.82) is 0 Å². The molecule has 1 heterocycles. The van der Waals surface area contributed by atoms with E-state index in [0.717, 1.165) is 22.4 Å². The molecule has 1 atom stereocenters. The minimum atomic E-state index is -1.50. The van der Waals surface area contributed by atoms with Crippen molar-refractivity contribution in [2.45, 2.75) is 45.1 Å². The molecule has 0 radical (unpaired) electrons. The van der Waals surface area contributed by atoms with Gasteiger partial charge in [-0.2, -0.15) is 5.10 Å². The third kappa shape index (κ3) is 4.77. The molecule has 5 nitrogen and oxygen atoms in total. The summed E-state index contributed by atoms with van der Waals surface area (Å²) in [5.74, 6) is 1.51. The number of carbonyl (C=O) groups is 1. The molecule has 6 heteroatoms. The number of amides is 1. The second-order valence-corrected chi connectivity index (χ2v) is 13.3. The summed E-state index contributed by atoms with van der Waals surface area (Å²) in [5, 5.41) is 8.63. The highest BCUT2D eigenvalue weighted by Crippen LogP contribution is 2.24. The van der Waals surface area contributed by atoms with Crippen LogP contribution in [0.15, 0.2) is 59.7 Å². The molecule has 0 aliphatic carbocycles. The van der Waals surface area contributed by atoms with Gasteiger partial charge in [0.25, 0.3) is 0 Å². The summed E-state index contributed by atoms with van der Waals surface area (Å²) in [6, 6.07) is 17.4. The van der Waals surface area contributed by atoms with E-state index in [9.17, 15) is 4.79 Å². The van der Waals surface area contributed by atoms with Gasteiger partial charge in [-0.25, -0.2) is 0 Å². The van der Waals surface area contributed by atoms with E-state index in [0.29, 0.717) is 13.0 Å². The van der Waals surface area contributed by atoms with Crippen LogP contribution >= 0.6 is 0 Å². The Morgan fingerprint density at radius 2 is 1.85 bits per heavy atom. The fourth-order valence-corrected chi connectivity index (χ4v) is 4.16. The summed E-state index contributed by atoms with van der Waals surface area (Å²) in [6.07, 6.45) is 0.672. The van der Waals surface area contributed by atoms with Gasteiger partial charge in [-0.3, -0.25) is 10.2 Å². The fourth-order valence-electron chi connectivity index (χ4n) is 2.89. The van der Waals surface area contributed by atoms with E-state index in [1.54, 1.807) is 0 Å². The first-order chi connectivity index (χ1) is 12.8. The fraction of sp³-hybridized carbons (Fsp3) is 0.333. The molecule has 0 aromatic heterocycles. The zero-order valence-electron chi connectivity index (χ0n) is 16.4. The standard InChI is InChI=1S/C21H27N3O2Si/c1-21(14-19(23-24-21)27(2,3)4)20(25)22-15-16-9-8-12-18(13-16)26-17-10-6-5-7-11-17/h5-13,24H,14-15H2,1-4H3,(H,22,25). The van der Waals surface area contributed by atoms with Gasteiger partial charge in [-0.15, -0.1) is 0 Å². The molecule has 1 unspecified atom stereocenters. The normalized spacial score (nSPS) is 19.2. The number of para-hydroxylation sites is 1. The topological polar surface area (TPSA) is 62.7 Å². The molecule has 0 saturated heterocycles. The lowest BCUT2D eigenvalue weighted by molar-refractivity contribution is -0.126. The summed E-state index contributed by atoms with van der Waals surface area (Å²) in [4.78, 5) is 12.7. The number of nitrogens with one attached hydrogen (secondary N) is 2. The van der Waals surface area contributed by atoms with Crippen LogP contribution in [0.4, 0.5) is 0 Å². The van der Waals surface area contributed by atoms with Crippen LogP contribution in [0, 0.1) is 0 Å². The Morgan fingerprint density at radius 3 is 2.52 bits per heavy atom. The lowest BCUT2D eigenvalue weighted by Crippen LogP contribution is -2.51. The molecular weight excluding hydrogens is 354 g/mol. The molecule has 0 spiro atoms. The van der Waals surface area contributed by atoms with Crippen LogP contribution in [-0.4, -0.2) is 24.9 Å². The molecule has 1 aliphatic heterocycles. The number of hydrogen-bond acceptors (Lipinski definition) is 4. The number of hydrazone groups is 1. The lowest BCUT2D eigenvalue weighted by Gasteiger charge is -2.24. The Hall–Kier alpha value is -2.60. The number of carbonyl (C=O) groups excluding carboxylic acids is 1. The SMILES string of the molecule is CC1(C(=O)NCc2cccc(Oc3ccccc3)c2)CC([Si](C)(C)C)=NN1. The lowest BCUT2D eigenvalue weighted by atomic mass is 9.99. The number of benzene rings is 2. The maximum absolute atomic E-state index is 12.7. The first-order valence-electron chi connectivity index (χ1n) is 9.21. The molecule has 0 fully saturated rings. The molecule has 3 rings (SSSR count). The molecular formula is C21H27N3O2Si. The van der Waals surface area contributed by atoms with Gasteiger partial charge >= 0.3 is 0 Å².